The molecular weight excluding hydrogens is 414 g/mol. The van der Waals surface area contributed by atoms with Crippen LogP contribution in [0, 0.1) is 5.92 Å². The number of likely N-dealkylation sites (tertiary alicyclic amines) is 1. The molecule has 3 unspecified atom stereocenters. The molecule has 4 aliphatic rings. The Kier molecular flexibility index (Phi) is 7.21. The minimum Gasteiger partial charge on any atom is -0.748 e. The van der Waals surface area contributed by atoms with Crippen molar-refractivity contribution in [2.45, 2.75) is 56.7 Å². The summed E-state index contributed by atoms with van der Waals surface area (Å²) in [6, 6.07) is -1.47. The van der Waals surface area contributed by atoms with Gasteiger partial charge in [0.15, 0.2) is 0 Å². The minimum absolute atomic E-state index is 0.195. The van der Waals surface area contributed by atoms with E-state index in [4.69, 9.17) is 4.84 Å². The fourth-order valence-corrected chi connectivity index (χ4v) is 5.34. The Hall–Kier alpha value is -1.31. The van der Waals surface area contributed by atoms with E-state index in [2.05, 4.69) is 20.0 Å². The van der Waals surface area contributed by atoms with Gasteiger partial charge in [-0.25, -0.2) is 14.5 Å². The van der Waals surface area contributed by atoms with Crippen LogP contribution in [0.25, 0.3) is 0 Å². The largest absolute Gasteiger partial charge is 0.748 e. The van der Waals surface area contributed by atoms with E-state index in [-0.39, 0.29) is 18.6 Å². The second-order valence-corrected chi connectivity index (χ2v) is 9.19. The number of rotatable bonds is 8. The summed E-state index contributed by atoms with van der Waals surface area (Å²) in [5.74, 6) is 0.206. The molecule has 4 fully saturated rings. The van der Waals surface area contributed by atoms with Crippen molar-refractivity contribution in [3.8, 4) is 0 Å². The minimum atomic E-state index is -2.83. The van der Waals surface area contributed by atoms with Gasteiger partial charge in [0.1, 0.15) is 17.4 Å². The number of hydroxylamine groups is 3. The van der Waals surface area contributed by atoms with Crippen LogP contribution in [0.5, 0.6) is 0 Å². The van der Waals surface area contributed by atoms with Gasteiger partial charge in [0.25, 0.3) is 5.91 Å². The van der Waals surface area contributed by atoms with E-state index in [9.17, 15) is 18.4 Å². The van der Waals surface area contributed by atoms with Gasteiger partial charge in [-0.05, 0) is 57.7 Å². The highest BCUT2D eigenvalue weighted by Crippen LogP contribution is 2.30. The van der Waals surface area contributed by atoms with E-state index in [0.29, 0.717) is 25.4 Å². The van der Waals surface area contributed by atoms with Crippen molar-refractivity contribution in [1.82, 2.24) is 25.7 Å². The normalized spacial score (nSPS) is 33.2. The van der Waals surface area contributed by atoms with E-state index in [1.165, 1.54) is 37.3 Å². The molecule has 2 N–H and O–H groups in total. The Morgan fingerprint density at radius 2 is 2.07 bits per heavy atom. The maximum absolute atomic E-state index is 12.5. The zero-order valence-electron chi connectivity index (χ0n) is 17.0. The topological polar surface area (TPSA) is 127 Å². The highest BCUT2D eigenvalue weighted by atomic mass is 32.2. The van der Waals surface area contributed by atoms with Gasteiger partial charge in [-0.1, -0.05) is 6.42 Å². The standard InChI is InChI=1S/C18H31N5O6S/c24-17(16-5-4-15-11-22(16)18(25)23(15)29-30(26)27)20-28-12-14-8-13(9-19-14)10-21-6-2-1-3-7-21/h13-16,19H,1-12H2,(H,20,24)(H,26,27)/p-1/t13-,14-,15?,16?/m0/s1. The van der Waals surface area contributed by atoms with Gasteiger partial charge >= 0.3 is 6.03 Å². The van der Waals surface area contributed by atoms with Gasteiger partial charge in [-0.3, -0.25) is 9.63 Å². The van der Waals surface area contributed by atoms with Crippen molar-refractivity contribution < 1.29 is 27.5 Å². The second-order valence-electron chi connectivity index (χ2n) is 8.63. The summed E-state index contributed by atoms with van der Waals surface area (Å²) in [6.45, 7) is 5.09. The molecule has 0 aromatic heterocycles. The lowest BCUT2D eigenvalue weighted by molar-refractivity contribution is -0.139. The van der Waals surface area contributed by atoms with Crippen LogP contribution in [0.15, 0.2) is 0 Å². The van der Waals surface area contributed by atoms with E-state index < -0.39 is 29.3 Å². The highest BCUT2D eigenvalue weighted by molar-refractivity contribution is 7.74. The Morgan fingerprint density at radius 1 is 1.27 bits per heavy atom. The SMILES string of the molecule is O=C(NOC[C@@H]1C[C@H](CN2CCCCC2)CN1)C1CCC2CN1C(=O)N2OS(=O)[O-]. The number of nitrogens with one attached hydrogen (secondary N) is 2. The lowest BCUT2D eigenvalue weighted by Gasteiger charge is -2.29. The summed E-state index contributed by atoms with van der Waals surface area (Å²) < 4.78 is 26.1. The number of nitrogens with zero attached hydrogens (tertiary/aromatic N) is 3. The lowest BCUT2D eigenvalue weighted by Crippen LogP contribution is -2.50. The predicted molar refractivity (Wildman–Crippen MR) is 105 cm³/mol. The molecule has 4 saturated heterocycles. The molecule has 0 aromatic rings. The zero-order chi connectivity index (χ0) is 21.1. The van der Waals surface area contributed by atoms with Gasteiger partial charge in [0.2, 0.25) is 0 Å². The van der Waals surface area contributed by atoms with E-state index in [1.54, 1.807) is 0 Å². The summed E-state index contributed by atoms with van der Waals surface area (Å²) >= 11 is -2.83. The van der Waals surface area contributed by atoms with Crippen molar-refractivity contribution >= 4 is 23.3 Å². The summed E-state index contributed by atoms with van der Waals surface area (Å²) in [6.07, 6.45) is 5.85. The summed E-state index contributed by atoms with van der Waals surface area (Å²) in [5, 5.41) is 4.29. The average molecular weight is 445 g/mol. The second kappa shape index (κ2) is 9.88. The van der Waals surface area contributed by atoms with Crippen LogP contribution in [0.1, 0.15) is 38.5 Å². The molecule has 5 atom stereocenters. The van der Waals surface area contributed by atoms with E-state index in [1.807, 2.05) is 0 Å². The van der Waals surface area contributed by atoms with Crippen molar-refractivity contribution in [2.24, 2.45) is 5.92 Å². The summed E-state index contributed by atoms with van der Waals surface area (Å²) in [7, 11) is 0. The first-order chi connectivity index (χ1) is 14.5. The van der Waals surface area contributed by atoms with Crippen LogP contribution in [-0.2, 0) is 25.3 Å². The van der Waals surface area contributed by atoms with Crippen LogP contribution >= 0.6 is 0 Å². The van der Waals surface area contributed by atoms with Crippen LogP contribution < -0.4 is 10.8 Å². The van der Waals surface area contributed by atoms with Crippen molar-refractivity contribution in [1.29, 1.82) is 0 Å². The quantitative estimate of drug-likeness (QED) is 0.379. The zero-order valence-corrected chi connectivity index (χ0v) is 17.8. The van der Waals surface area contributed by atoms with Crippen LogP contribution in [0.4, 0.5) is 4.79 Å². The number of carbonyl (C=O) groups excluding carboxylic acids is 2. The molecule has 4 heterocycles. The molecule has 2 bridgehead atoms. The maximum Gasteiger partial charge on any atom is 0.346 e. The summed E-state index contributed by atoms with van der Waals surface area (Å²) in [4.78, 5) is 34.2. The number of amides is 3. The Labute approximate surface area is 178 Å². The monoisotopic (exact) mass is 444 g/mol. The highest BCUT2D eigenvalue weighted by Gasteiger charge is 2.48. The third-order valence-corrected chi connectivity index (χ3v) is 6.78. The Morgan fingerprint density at radius 3 is 2.83 bits per heavy atom. The van der Waals surface area contributed by atoms with Crippen LogP contribution in [-0.4, -0.2) is 93.0 Å². The van der Waals surface area contributed by atoms with Crippen molar-refractivity contribution in [2.75, 3.05) is 39.3 Å². The van der Waals surface area contributed by atoms with Crippen LogP contribution in [0.3, 0.4) is 0 Å². The van der Waals surface area contributed by atoms with Gasteiger partial charge in [-0.15, -0.1) is 0 Å². The molecule has 0 aromatic carbocycles. The van der Waals surface area contributed by atoms with Gasteiger partial charge in [-0.2, -0.15) is 9.35 Å². The molecule has 30 heavy (non-hydrogen) atoms. The Balaban J connectivity index is 1.17. The molecule has 170 valence electrons. The average Bonchev–Trinajstić information content (AvgIpc) is 3.27. The first kappa shape index (κ1) is 21.9. The number of hydrogen-bond donors (Lipinski definition) is 2. The molecule has 12 heteroatoms. The first-order valence-corrected chi connectivity index (χ1v) is 11.8. The third-order valence-electron chi connectivity index (χ3n) is 6.50. The number of hydrogen-bond acceptors (Lipinski definition) is 8. The van der Waals surface area contributed by atoms with Gasteiger partial charge in [0.05, 0.1) is 12.6 Å². The predicted octanol–water partition coefficient (Wildman–Crippen LogP) is -0.507. The molecule has 0 aliphatic carbocycles. The molecule has 0 spiro atoms. The number of carbonyl (C=O) groups is 2. The van der Waals surface area contributed by atoms with Gasteiger partial charge < -0.3 is 19.7 Å². The van der Waals surface area contributed by atoms with Crippen molar-refractivity contribution in [3.05, 3.63) is 0 Å². The fraction of sp³-hybridized carbons (Fsp3) is 0.889. The first-order valence-electron chi connectivity index (χ1n) is 10.8. The maximum atomic E-state index is 12.5. The Bertz CT molecular complexity index is 663. The molecule has 11 nitrogen and oxygen atoms in total. The number of piperidine rings is 2. The molecule has 4 aliphatic heterocycles. The fourth-order valence-electron chi connectivity index (χ4n) is 5.03. The molecule has 3 amide bonds. The van der Waals surface area contributed by atoms with E-state index >= 15 is 0 Å². The molecule has 0 radical (unpaired) electrons. The lowest BCUT2D eigenvalue weighted by atomic mass is 10.0. The number of urea groups is 1. The summed E-state index contributed by atoms with van der Waals surface area (Å²) in [5.41, 5.74) is 2.47. The van der Waals surface area contributed by atoms with Crippen molar-refractivity contribution in [3.63, 3.8) is 0 Å². The molecule has 0 saturated carbocycles. The third kappa shape index (κ3) is 5.11. The van der Waals surface area contributed by atoms with Crippen LogP contribution in [0.2, 0.25) is 0 Å². The smallest absolute Gasteiger partial charge is 0.346 e. The number of fused-ring (bicyclic) bond motifs is 2. The van der Waals surface area contributed by atoms with Gasteiger partial charge in [0, 0.05) is 19.1 Å². The molecular formula is C18H30N5O6S-. The molecule has 4 rings (SSSR count). The van der Waals surface area contributed by atoms with E-state index in [0.717, 1.165) is 24.6 Å².